The first kappa shape index (κ1) is 23.0. The van der Waals surface area contributed by atoms with Crippen molar-refractivity contribution >= 4 is 11.7 Å². The van der Waals surface area contributed by atoms with Crippen LogP contribution >= 0.6 is 0 Å². The van der Waals surface area contributed by atoms with Gasteiger partial charge in [0.15, 0.2) is 5.78 Å². The van der Waals surface area contributed by atoms with E-state index in [1.54, 1.807) is 7.11 Å². The number of allylic oxidation sites excluding steroid dienone is 2. The zero-order valence-corrected chi connectivity index (χ0v) is 20.5. The fraction of sp³-hybridized carbons (Fsp3) is 0.586. The van der Waals surface area contributed by atoms with Crippen molar-refractivity contribution in [1.29, 1.82) is 0 Å². The number of carbonyl (C=O) groups is 2. The molecule has 2 bridgehead atoms. The Labute approximate surface area is 206 Å². The van der Waals surface area contributed by atoms with Gasteiger partial charge in [-0.25, -0.2) is 0 Å². The lowest BCUT2D eigenvalue weighted by Crippen LogP contribution is -2.66. The molecule has 186 valence electrons. The second-order valence-corrected chi connectivity index (χ2v) is 11.8. The highest BCUT2D eigenvalue weighted by atomic mass is 16.5. The second-order valence-electron chi connectivity index (χ2n) is 11.8. The van der Waals surface area contributed by atoms with Gasteiger partial charge < -0.3 is 20.3 Å². The normalized spacial score (nSPS) is 43.0. The predicted molar refractivity (Wildman–Crippen MR) is 130 cm³/mol. The molecular weight excluding hydrogens is 442 g/mol. The van der Waals surface area contributed by atoms with Crippen LogP contribution < -0.4 is 10.1 Å². The van der Waals surface area contributed by atoms with Crippen molar-refractivity contribution in [2.75, 3.05) is 13.7 Å². The summed E-state index contributed by atoms with van der Waals surface area (Å²) in [6.07, 6.45) is 5.28. The van der Waals surface area contributed by atoms with Gasteiger partial charge in [0, 0.05) is 23.8 Å². The van der Waals surface area contributed by atoms with E-state index in [9.17, 15) is 19.8 Å². The first-order valence-electron chi connectivity index (χ1n) is 12.9. The van der Waals surface area contributed by atoms with Crippen LogP contribution in [0, 0.1) is 34.5 Å². The number of ether oxygens (including phenoxy) is 1. The van der Waals surface area contributed by atoms with Gasteiger partial charge in [-0.15, -0.1) is 0 Å². The second kappa shape index (κ2) is 7.53. The molecule has 0 saturated heterocycles. The molecule has 2 unspecified atom stereocenters. The van der Waals surface area contributed by atoms with Crippen molar-refractivity contribution in [3.63, 3.8) is 0 Å². The molecule has 0 aromatic heterocycles. The van der Waals surface area contributed by atoms with Gasteiger partial charge in [-0.3, -0.25) is 9.59 Å². The summed E-state index contributed by atoms with van der Waals surface area (Å²) in [7, 11) is 1.64. The number of aliphatic hydroxyl groups excluding tert-OH is 1. The quantitative estimate of drug-likeness (QED) is 0.567. The number of nitrogens with one attached hydrogen (secondary N) is 1. The smallest absolute Gasteiger partial charge is 0.224 e. The molecule has 0 aliphatic heterocycles. The predicted octanol–water partition coefficient (Wildman–Crippen LogP) is 2.97. The van der Waals surface area contributed by atoms with Crippen molar-refractivity contribution in [1.82, 2.24) is 5.32 Å². The van der Waals surface area contributed by atoms with Crippen molar-refractivity contribution < 1.29 is 24.5 Å². The maximum atomic E-state index is 14.0. The third-order valence-corrected chi connectivity index (χ3v) is 10.4. The number of hydrogen-bond donors (Lipinski definition) is 3. The molecular formula is C29H35NO5. The van der Waals surface area contributed by atoms with Crippen LogP contribution in [-0.4, -0.2) is 47.3 Å². The Morgan fingerprint density at radius 1 is 1.29 bits per heavy atom. The van der Waals surface area contributed by atoms with E-state index in [0.717, 1.165) is 23.3 Å². The topological polar surface area (TPSA) is 95.9 Å². The zero-order valence-electron chi connectivity index (χ0n) is 20.5. The summed E-state index contributed by atoms with van der Waals surface area (Å²) in [5, 5.41) is 25.0. The van der Waals surface area contributed by atoms with E-state index in [4.69, 9.17) is 4.74 Å². The molecule has 1 spiro atoms. The third-order valence-electron chi connectivity index (χ3n) is 10.4. The van der Waals surface area contributed by atoms with Crippen molar-refractivity contribution in [2.45, 2.75) is 57.2 Å². The molecule has 6 rings (SSSR count). The Morgan fingerprint density at radius 2 is 2.03 bits per heavy atom. The summed E-state index contributed by atoms with van der Waals surface area (Å²) in [4.78, 5) is 27.1. The van der Waals surface area contributed by atoms with Gasteiger partial charge >= 0.3 is 0 Å². The van der Waals surface area contributed by atoms with Gasteiger partial charge in [-0.2, -0.15) is 0 Å². The van der Waals surface area contributed by atoms with Crippen molar-refractivity contribution in [2.24, 2.45) is 34.5 Å². The number of aliphatic hydroxyl groups is 2. The number of fused-ring (bicyclic) bond motifs is 5. The summed E-state index contributed by atoms with van der Waals surface area (Å²) >= 11 is 0. The highest BCUT2D eigenvalue weighted by Gasteiger charge is 2.75. The van der Waals surface area contributed by atoms with Gasteiger partial charge in [-0.05, 0) is 73.1 Å². The van der Waals surface area contributed by atoms with Gasteiger partial charge in [0.2, 0.25) is 5.91 Å². The fourth-order valence-electron chi connectivity index (χ4n) is 8.70. The van der Waals surface area contributed by atoms with Crippen LogP contribution in [0.25, 0.3) is 0 Å². The number of methoxy groups -OCH3 is 1. The van der Waals surface area contributed by atoms with Crippen LogP contribution in [0.15, 0.2) is 48.1 Å². The summed E-state index contributed by atoms with van der Waals surface area (Å²) in [5.74, 6) is 0.0301. The van der Waals surface area contributed by atoms with Gasteiger partial charge in [0.25, 0.3) is 0 Å². The van der Waals surface area contributed by atoms with E-state index in [1.165, 1.54) is 5.57 Å². The summed E-state index contributed by atoms with van der Waals surface area (Å²) in [6.45, 7) is 6.69. The molecule has 6 heteroatoms. The van der Waals surface area contributed by atoms with Crippen LogP contribution in [0.3, 0.4) is 0 Å². The molecule has 4 fully saturated rings. The first-order chi connectivity index (χ1) is 16.7. The molecule has 1 aromatic carbocycles. The molecule has 8 atom stereocenters. The Kier molecular flexibility index (Phi) is 4.95. The summed E-state index contributed by atoms with van der Waals surface area (Å²) in [5.41, 5.74) is 1.10. The Bertz CT molecular complexity index is 1140. The van der Waals surface area contributed by atoms with Crippen molar-refractivity contribution in [3.05, 3.63) is 53.6 Å². The highest BCUT2D eigenvalue weighted by molar-refractivity contribution is 5.98. The molecule has 1 amide bonds. The highest BCUT2D eigenvalue weighted by Crippen LogP contribution is 2.75. The third kappa shape index (κ3) is 2.90. The number of hydrogen-bond acceptors (Lipinski definition) is 5. The fourth-order valence-corrected chi connectivity index (χ4v) is 8.70. The Hall–Kier alpha value is -2.44. The number of amides is 1. The van der Waals surface area contributed by atoms with Gasteiger partial charge in [0.05, 0.1) is 18.6 Å². The van der Waals surface area contributed by atoms with Crippen molar-refractivity contribution in [3.8, 4) is 5.75 Å². The maximum Gasteiger partial charge on any atom is 0.224 e. The number of Topliss-reactive ketones (excluding diaryl/α,β-unsaturated/α-hetero) is 1. The molecule has 5 aliphatic carbocycles. The van der Waals surface area contributed by atoms with Crippen LogP contribution in [-0.2, 0) is 16.0 Å². The first-order valence-corrected chi connectivity index (χ1v) is 12.9. The minimum Gasteiger partial charge on any atom is -0.497 e. The number of carbonyl (C=O) groups excluding carboxylic acids is 2. The largest absolute Gasteiger partial charge is 0.497 e. The molecule has 5 aliphatic rings. The van der Waals surface area contributed by atoms with Crippen LogP contribution in [0.2, 0.25) is 0 Å². The lowest BCUT2D eigenvalue weighted by molar-refractivity contribution is -0.178. The number of rotatable bonds is 5. The average molecular weight is 478 g/mol. The number of benzene rings is 1. The lowest BCUT2D eigenvalue weighted by atomic mass is 9.46. The molecule has 6 nitrogen and oxygen atoms in total. The molecule has 1 aromatic rings. The maximum absolute atomic E-state index is 14.0. The SMILES string of the molecule is C=C1C[C@]23C[C@@]1(O)CC[C@H]2C1=CC[C@@H]2C(O)C(=O)[C@@]2(C)C1[C@@H]3C(=O)NCCc1ccc(OC)cc1. The molecule has 3 N–H and O–H groups in total. The van der Waals surface area contributed by atoms with Crippen LogP contribution in [0.4, 0.5) is 0 Å². The van der Waals surface area contributed by atoms with E-state index in [-0.39, 0.29) is 29.4 Å². The van der Waals surface area contributed by atoms with Crippen LogP contribution in [0.1, 0.15) is 44.6 Å². The van der Waals surface area contributed by atoms with E-state index in [1.807, 2.05) is 31.2 Å². The van der Waals surface area contributed by atoms with Crippen LogP contribution in [0.5, 0.6) is 5.75 Å². The Balaban J connectivity index is 1.32. The van der Waals surface area contributed by atoms with E-state index < -0.39 is 28.5 Å². The molecule has 35 heavy (non-hydrogen) atoms. The van der Waals surface area contributed by atoms with E-state index in [0.29, 0.717) is 38.6 Å². The minimum absolute atomic E-state index is 0.0353. The van der Waals surface area contributed by atoms with E-state index >= 15 is 0 Å². The summed E-state index contributed by atoms with van der Waals surface area (Å²) < 4.78 is 5.23. The van der Waals surface area contributed by atoms with E-state index in [2.05, 4.69) is 18.0 Å². The Morgan fingerprint density at radius 3 is 2.74 bits per heavy atom. The standard InChI is InChI=1S/C29H35NO5/c1-16-14-28-15-29(16,34)12-10-20(28)19-8-9-21-24(31)25(32)27(21,2)22(19)23(28)26(33)30-13-11-17-4-6-18(35-3)7-5-17/h4-8,20-24,31,34H,1,9-15H2,2-3H3,(H,30,33)/t20-,21+,22?,23+,24?,27+,28-,29-/m0/s1. The molecule has 4 saturated carbocycles. The van der Waals surface area contributed by atoms with Gasteiger partial charge in [0.1, 0.15) is 11.9 Å². The number of ketones is 1. The average Bonchev–Trinajstić information content (AvgIpc) is 3.24. The van der Waals surface area contributed by atoms with Gasteiger partial charge in [-0.1, -0.05) is 37.3 Å². The molecule has 0 radical (unpaired) electrons. The zero-order chi connectivity index (χ0) is 24.8. The monoisotopic (exact) mass is 477 g/mol. The summed E-state index contributed by atoms with van der Waals surface area (Å²) in [6, 6.07) is 7.83. The molecule has 0 heterocycles. The lowest BCUT2D eigenvalue weighted by Gasteiger charge is -2.56. The minimum atomic E-state index is -0.938.